The minimum Gasteiger partial charge on any atom is -0.397 e. The van der Waals surface area contributed by atoms with E-state index in [-0.39, 0.29) is 5.91 Å². The summed E-state index contributed by atoms with van der Waals surface area (Å²) in [5, 5.41) is 6.99. The van der Waals surface area contributed by atoms with Crippen LogP contribution in [0.15, 0.2) is 36.4 Å². The van der Waals surface area contributed by atoms with Gasteiger partial charge in [0.25, 0.3) is 5.91 Å². The lowest BCUT2D eigenvalue weighted by atomic mass is 10.1. The summed E-state index contributed by atoms with van der Waals surface area (Å²) in [6.07, 6.45) is 0.733. The second-order valence-corrected chi connectivity index (χ2v) is 9.27. The minimum absolute atomic E-state index is 0.223. The highest BCUT2D eigenvalue weighted by Crippen LogP contribution is 2.34. The van der Waals surface area contributed by atoms with Gasteiger partial charge in [-0.2, -0.15) is 0 Å². The molecule has 0 atom stereocenters. The van der Waals surface area contributed by atoms with E-state index in [0.29, 0.717) is 33.0 Å². The summed E-state index contributed by atoms with van der Waals surface area (Å²) in [7, 11) is 0. The Morgan fingerprint density at radius 1 is 1.23 bits per heavy atom. The largest absolute Gasteiger partial charge is 0.397 e. The lowest BCUT2D eigenvalue weighted by Gasteiger charge is -2.29. The van der Waals surface area contributed by atoms with Crippen LogP contribution in [0.3, 0.4) is 0 Å². The van der Waals surface area contributed by atoms with Crippen LogP contribution in [0.5, 0.6) is 0 Å². The molecule has 0 radical (unpaired) electrons. The summed E-state index contributed by atoms with van der Waals surface area (Å²) in [5.74, 6) is -0.223. The van der Waals surface area contributed by atoms with E-state index in [2.05, 4.69) is 44.8 Å². The summed E-state index contributed by atoms with van der Waals surface area (Å²) in [4.78, 5) is 20.4. The van der Waals surface area contributed by atoms with Crippen LogP contribution in [0.4, 0.5) is 15.8 Å². The molecule has 3 aromatic rings. The molecule has 0 aliphatic carbocycles. The number of fused-ring (bicyclic) bond motifs is 1. The molecule has 4 N–H and O–H groups in total. The maximum Gasteiger partial charge on any atom is 0.263 e. The maximum atomic E-state index is 14.2. The summed E-state index contributed by atoms with van der Waals surface area (Å²) >= 11 is 1.20. The number of nitrogens with zero attached hydrogens (tertiary/aromatic N) is 2. The number of pyridine rings is 1. The quantitative estimate of drug-likeness (QED) is 0.546. The molecule has 1 saturated heterocycles. The first kappa shape index (κ1) is 21.5. The van der Waals surface area contributed by atoms with Gasteiger partial charge in [-0.3, -0.25) is 4.79 Å². The fraction of sp³-hybridized carbons (Fsp3) is 0.391. The van der Waals surface area contributed by atoms with Gasteiger partial charge in [0.1, 0.15) is 15.4 Å². The smallest absolute Gasteiger partial charge is 0.263 e. The van der Waals surface area contributed by atoms with E-state index in [1.54, 1.807) is 12.1 Å². The molecular formula is C23H28FN5OS. The van der Waals surface area contributed by atoms with Crippen molar-refractivity contribution in [2.24, 2.45) is 0 Å². The predicted octanol–water partition coefficient (Wildman–Crippen LogP) is 3.47. The molecule has 0 unspecified atom stereocenters. The molecule has 31 heavy (non-hydrogen) atoms. The highest BCUT2D eigenvalue weighted by atomic mass is 32.1. The van der Waals surface area contributed by atoms with Gasteiger partial charge >= 0.3 is 0 Å². The number of alkyl halides is 1. The zero-order valence-corrected chi connectivity index (χ0v) is 18.7. The predicted molar refractivity (Wildman–Crippen MR) is 126 cm³/mol. The van der Waals surface area contributed by atoms with Crippen molar-refractivity contribution in [3.63, 3.8) is 0 Å². The minimum atomic E-state index is -1.55. The number of benzene rings is 1. The number of nitrogen functional groups attached to an aromatic ring is 1. The Kier molecular flexibility index (Phi) is 6.11. The first-order chi connectivity index (χ1) is 14.8. The van der Waals surface area contributed by atoms with E-state index < -0.39 is 5.67 Å². The van der Waals surface area contributed by atoms with Gasteiger partial charge in [0.15, 0.2) is 0 Å². The van der Waals surface area contributed by atoms with Gasteiger partial charge in [-0.1, -0.05) is 12.1 Å². The molecule has 8 heteroatoms. The lowest BCUT2D eigenvalue weighted by Crippen LogP contribution is -2.43. The van der Waals surface area contributed by atoms with Crippen molar-refractivity contribution >= 4 is 38.8 Å². The highest BCUT2D eigenvalue weighted by Gasteiger charge is 2.23. The Morgan fingerprint density at radius 3 is 2.61 bits per heavy atom. The van der Waals surface area contributed by atoms with Gasteiger partial charge in [0.05, 0.1) is 11.4 Å². The number of halogens is 1. The summed E-state index contributed by atoms with van der Waals surface area (Å²) in [6.45, 7) is 7.49. The van der Waals surface area contributed by atoms with Crippen LogP contribution < -0.4 is 21.3 Å². The number of amides is 1. The Bertz CT molecular complexity index is 1070. The summed E-state index contributed by atoms with van der Waals surface area (Å²) in [5.41, 5.74) is 7.76. The van der Waals surface area contributed by atoms with Crippen molar-refractivity contribution < 1.29 is 9.18 Å². The van der Waals surface area contributed by atoms with Crippen molar-refractivity contribution in [1.29, 1.82) is 0 Å². The molecule has 1 fully saturated rings. The number of thiophene rings is 1. The van der Waals surface area contributed by atoms with Gasteiger partial charge in [-0.25, -0.2) is 9.37 Å². The van der Waals surface area contributed by atoms with Gasteiger partial charge in [0, 0.05) is 43.8 Å². The van der Waals surface area contributed by atoms with E-state index in [4.69, 9.17) is 5.73 Å². The monoisotopic (exact) mass is 441 g/mol. The maximum absolute atomic E-state index is 14.2. The number of anilines is 2. The van der Waals surface area contributed by atoms with Crippen LogP contribution in [-0.4, -0.2) is 43.6 Å². The molecule has 1 aromatic carbocycles. The third kappa shape index (κ3) is 4.80. The summed E-state index contributed by atoms with van der Waals surface area (Å²) < 4.78 is 14.2. The Morgan fingerprint density at radius 2 is 1.94 bits per heavy atom. The Balaban J connectivity index is 1.37. The van der Waals surface area contributed by atoms with Crippen LogP contribution in [0.2, 0.25) is 0 Å². The van der Waals surface area contributed by atoms with Crippen LogP contribution in [0, 0.1) is 0 Å². The zero-order chi connectivity index (χ0) is 22.0. The molecule has 0 saturated carbocycles. The van der Waals surface area contributed by atoms with Crippen molar-refractivity contribution in [3.05, 3.63) is 52.5 Å². The van der Waals surface area contributed by atoms with E-state index in [0.717, 1.165) is 32.6 Å². The first-order valence-electron chi connectivity index (χ1n) is 10.5. The second kappa shape index (κ2) is 8.80. The standard InChI is InChI=1S/C23H28FN5OS/c1-23(2,24)18-8-7-17-19(25)20(31-22(17)28-18)21(30)27-10-9-15-3-5-16(6-4-15)29-13-11-26-12-14-29/h3-8,26H,9-14,25H2,1-2H3,(H,27,30). The van der Waals surface area contributed by atoms with Crippen molar-refractivity contribution in [1.82, 2.24) is 15.6 Å². The summed E-state index contributed by atoms with van der Waals surface area (Å²) in [6, 6.07) is 11.9. The van der Waals surface area contributed by atoms with Crippen molar-refractivity contribution in [3.8, 4) is 0 Å². The molecule has 1 aliphatic heterocycles. The normalized spacial score (nSPS) is 14.7. The van der Waals surface area contributed by atoms with E-state index >= 15 is 0 Å². The van der Waals surface area contributed by atoms with Gasteiger partial charge in [0.2, 0.25) is 0 Å². The fourth-order valence-electron chi connectivity index (χ4n) is 3.69. The molecular weight excluding hydrogens is 413 g/mol. The zero-order valence-electron chi connectivity index (χ0n) is 17.9. The molecule has 0 spiro atoms. The molecule has 2 aromatic heterocycles. The molecule has 0 bridgehead atoms. The van der Waals surface area contributed by atoms with Gasteiger partial charge in [-0.15, -0.1) is 11.3 Å². The van der Waals surface area contributed by atoms with E-state index in [1.807, 2.05) is 0 Å². The highest BCUT2D eigenvalue weighted by molar-refractivity contribution is 7.21. The van der Waals surface area contributed by atoms with Crippen LogP contribution >= 0.6 is 11.3 Å². The van der Waals surface area contributed by atoms with Crippen molar-refractivity contribution in [2.45, 2.75) is 25.9 Å². The Labute approximate surface area is 185 Å². The number of hydrogen-bond acceptors (Lipinski definition) is 6. The number of carbonyl (C=O) groups is 1. The molecule has 4 rings (SSSR count). The number of nitrogens with one attached hydrogen (secondary N) is 2. The Hall–Kier alpha value is -2.71. The fourth-order valence-corrected chi connectivity index (χ4v) is 4.70. The van der Waals surface area contributed by atoms with E-state index in [1.165, 1.54) is 36.4 Å². The topological polar surface area (TPSA) is 83.3 Å². The van der Waals surface area contributed by atoms with Crippen LogP contribution in [0.25, 0.3) is 10.2 Å². The second-order valence-electron chi connectivity index (χ2n) is 8.28. The number of carbonyl (C=O) groups excluding carboxylic acids is 1. The average molecular weight is 442 g/mol. The number of piperazine rings is 1. The number of rotatable bonds is 6. The average Bonchev–Trinajstić information content (AvgIpc) is 3.10. The van der Waals surface area contributed by atoms with Gasteiger partial charge in [-0.05, 0) is 50.1 Å². The SMILES string of the molecule is CC(C)(F)c1ccc2c(N)c(C(=O)NCCc3ccc(N4CCNCC4)cc3)sc2n1. The molecule has 164 valence electrons. The van der Waals surface area contributed by atoms with Gasteiger partial charge < -0.3 is 21.3 Å². The van der Waals surface area contributed by atoms with Crippen molar-refractivity contribution in [2.75, 3.05) is 43.4 Å². The van der Waals surface area contributed by atoms with Crippen LogP contribution in [-0.2, 0) is 12.1 Å². The number of nitrogens with two attached hydrogens (primary N) is 1. The van der Waals surface area contributed by atoms with Crippen LogP contribution in [0.1, 0.15) is 34.8 Å². The number of aromatic nitrogens is 1. The molecule has 6 nitrogen and oxygen atoms in total. The molecule has 1 amide bonds. The first-order valence-corrected chi connectivity index (χ1v) is 11.4. The number of hydrogen-bond donors (Lipinski definition) is 3. The molecule has 3 heterocycles. The third-order valence-corrected chi connectivity index (χ3v) is 6.64. The van der Waals surface area contributed by atoms with E-state index in [9.17, 15) is 9.18 Å². The molecule has 1 aliphatic rings. The lowest BCUT2D eigenvalue weighted by molar-refractivity contribution is 0.0959. The third-order valence-electron chi connectivity index (χ3n) is 5.53.